The number of hydrogen-bond donors (Lipinski definition) is 1. The van der Waals surface area contributed by atoms with Crippen molar-refractivity contribution in [1.29, 1.82) is 0 Å². The van der Waals surface area contributed by atoms with Gasteiger partial charge >= 0.3 is 5.97 Å². The van der Waals surface area contributed by atoms with Crippen molar-refractivity contribution in [2.24, 2.45) is 0 Å². The molecule has 3 nitrogen and oxygen atoms in total. The number of benzene rings is 1. The number of nitrogens with zero attached hydrogens (tertiary/aromatic N) is 1. The second-order valence-corrected chi connectivity index (χ2v) is 6.28. The molecule has 0 saturated heterocycles. The summed E-state index contributed by atoms with van der Waals surface area (Å²) in [7, 11) is 0. The van der Waals surface area contributed by atoms with Gasteiger partial charge in [0.15, 0.2) is 0 Å². The highest BCUT2D eigenvalue weighted by Gasteiger charge is 2.41. The van der Waals surface area contributed by atoms with Gasteiger partial charge in [-0.1, -0.05) is 38.1 Å². The number of carboxylic acids is 1. The monoisotopic (exact) mass is 299 g/mol. The zero-order valence-electron chi connectivity index (χ0n) is 14.1. The van der Waals surface area contributed by atoms with Crippen LogP contribution < -0.4 is 4.90 Å². The quantitative estimate of drug-likeness (QED) is 0.889. The van der Waals surface area contributed by atoms with E-state index in [9.17, 15) is 4.79 Å². The first-order chi connectivity index (χ1) is 10.3. The summed E-state index contributed by atoms with van der Waals surface area (Å²) in [5.74, 6) is -0.762. The first-order valence-electron chi connectivity index (χ1n) is 7.77. The van der Waals surface area contributed by atoms with Gasteiger partial charge in [-0.15, -0.1) is 0 Å². The Morgan fingerprint density at radius 1 is 1.32 bits per heavy atom. The third-order valence-corrected chi connectivity index (χ3v) is 4.44. The summed E-state index contributed by atoms with van der Waals surface area (Å²) >= 11 is 0. The number of hydrogen-bond acceptors (Lipinski definition) is 2. The van der Waals surface area contributed by atoms with Gasteiger partial charge in [0.25, 0.3) is 0 Å². The van der Waals surface area contributed by atoms with Crippen LogP contribution in [0.2, 0.25) is 0 Å². The summed E-state index contributed by atoms with van der Waals surface area (Å²) in [5.41, 5.74) is 5.99. The van der Waals surface area contributed by atoms with Crippen LogP contribution >= 0.6 is 0 Å². The minimum absolute atomic E-state index is 0.122. The normalized spacial score (nSPS) is 18.2. The molecule has 1 aliphatic heterocycles. The van der Waals surface area contributed by atoms with Crippen LogP contribution in [0.15, 0.2) is 30.0 Å². The Morgan fingerprint density at radius 3 is 2.55 bits per heavy atom. The molecule has 0 atom stereocenters. The van der Waals surface area contributed by atoms with Gasteiger partial charge in [-0.2, -0.15) is 0 Å². The molecule has 0 unspecified atom stereocenters. The van der Waals surface area contributed by atoms with Gasteiger partial charge in [-0.25, -0.2) is 0 Å². The third kappa shape index (κ3) is 2.56. The molecule has 0 aromatic heterocycles. The van der Waals surface area contributed by atoms with Gasteiger partial charge in [0.1, 0.15) is 0 Å². The fourth-order valence-electron chi connectivity index (χ4n) is 3.54. The fraction of sp³-hybridized carbons (Fsp3) is 0.421. The minimum Gasteiger partial charge on any atom is -0.481 e. The smallest absolute Gasteiger partial charge is 0.305 e. The predicted molar refractivity (Wildman–Crippen MR) is 92.3 cm³/mol. The molecule has 0 radical (unpaired) electrons. The van der Waals surface area contributed by atoms with E-state index in [1.54, 1.807) is 0 Å². The number of carbonyl (C=O) groups is 1. The third-order valence-electron chi connectivity index (χ3n) is 4.44. The molecule has 0 saturated carbocycles. The lowest BCUT2D eigenvalue weighted by atomic mass is 9.80. The van der Waals surface area contributed by atoms with Crippen molar-refractivity contribution in [2.45, 2.75) is 46.5 Å². The second kappa shape index (κ2) is 5.99. The van der Waals surface area contributed by atoms with Crippen LogP contribution in [0.5, 0.6) is 0 Å². The number of rotatable bonds is 4. The molecule has 1 aliphatic rings. The molecule has 118 valence electrons. The molecular weight excluding hydrogens is 274 g/mol. The van der Waals surface area contributed by atoms with Crippen LogP contribution in [0.1, 0.15) is 50.8 Å². The van der Waals surface area contributed by atoms with E-state index >= 15 is 0 Å². The van der Waals surface area contributed by atoms with Crippen LogP contribution in [-0.2, 0) is 10.2 Å². The number of aliphatic carboxylic acids is 1. The first kappa shape index (κ1) is 16.3. The van der Waals surface area contributed by atoms with Crippen molar-refractivity contribution in [3.05, 3.63) is 46.7 Å². The van der Waals surface area contributed by atoms with E-state index in [1.165, 1.54) is 22.4 Å². The standard InChI is InChI=1S/C19H25NO2/c1-6-8-14-13(3)9-10-15-18(14)19(4,5)16(7-2)20(15)12-11-17(21)22/h6-10H,11-12H2,1-5H3,(H,21,22)/b8-6-,16-7+. The Morgan fingerprint density at radius 2 is 2.00 bits per heavy atom. The van der Waals surface area contributed by atoms with E-state index < -0.39 is 5.97 Å². The van der Waals surface area contributed by atoms with Gasteiger partial charge in [0.2, 0.25) is 0 Å². The van der Waals surface area contributed by atoms with Crippen molar-refractivity contribution < 1.29 is 9.90 Å². The lowest BCUT2D eigenvalue weighted by Crippen LogP contribution is -2.28. The van der Waals surface area contributed by atoms with Crippen molar-refractivity contribution >= 4 is 17.7 Å². The average molecular weight is 299 g/mol. The molecule has 0 amide bonds. The van der Waals surface area contributed by atoms with Crippen LogP contribution in [0, 0.1) is 6.92 Å². The van der Waals surface area contributed by atoms with E-state index in [0.717, 1.165) is 5.69 Å². The van der Waals surface area contributed by atoms with E-state index in [1.807, 2.05) is 13.8 Å². The topological polar surface area (TPSA) is 40.5 Å². The Bertz CT molecular complexity index is 654. The molecule has 2 rings (SSSR count). The van der Waals surface area contributed by atoms with Crippen LogP contribution in [-0.4, -0.2) is 17.6 Å². The lowest BCUT2D eigenvalue weighted by Gasteiger charge is -2.26. The second-order valence-electron chi connectivity index (χ2n) is 6.28. The lowest BCUT2D eigenvalue weighted by molar-refractivity contribution is -0.136. The van der Waals surface area contributed by atoms with Crippen molar-refractivity contribution in [3.8, 4) is 0 Å². The van der Waals surface area contributed by atoms with Crippen molar-refractivity contribution in [2.75, 3.05) is 11.4 Å². The number of fused-ring (bicyclic) bond motifs is 1. The summed E-state index contributed by atoms with van der Waals surface area (Å²) in [6.07, 6.45) is 6.47. The summed E-state index contributed by atoms with van der Waals surface area (Å²) < 4.78 is 0. The van der Waals surface area contributed by atoms with Gasteiger partial charge < -0.3 is 10.0 Å². The Balaban J connectivity index is 2.64. The van der Waals surface area contributed by atoms with E-state index in [4.69, 9.17) is 5.11 Å². The molecule has 22 heavy (non-hydrogen) atoms. The molecule has 1 aromatic rings. The minimum atomic E-state index is -0.762. The number of allylic oxidation sites excluding steroid dienone is 3. The molecule has 0 bridgehead atoms. The van der Waals surface area contributed by atoms with E-state index in [0.29, 0.717) is 6.54 Å². The summed E-state index contributed by atoms with van der Waals surface area (Å²) in [4.78, 5) is 13.2. The molecule has 1 aromatic carbocycles. The van der Waals surface area contributed by atoms with Gasteiger partial charge in [0, 0.05) is 23.3 Å². The molecule has 0 fully saturated rings. The molecule has 3 heteroatoms. The molecule has 0 aliphatic carbocycles. The van der Waals surface area contributed by atoms with Crippen molar-refractivity contribution in [3.63, 3.8) is 0 Å². The van der Waals surface area contributed by atoms with Gasteiger partial charge in [-0.05, 0) is 43.5 Å². The molecule has 0 spiro atoms. The Hall–Kier alpha value is -2.03. The largest absolute Gasteiger partial charge is 0.481 e. The van der Waals surface area contributed by atoms with Gasteiger partial charge in [-0.3, -0.25) is 4.79 Å². The van der Waals surface area contributed by atoms with E-state index in [-0.39, 0.29) is 11.8 Å². The van der Waals surface area contributed by atoms with Crippen molar-refractivity contribution in [1.82, 2.24) is 0 Å². The van der Waals surface area contributed by atoms with Gasteiger partial charge in [0.05, 0.1) is 6.42 Å². The highest BCUT2D eigenvalue weighted by Crippen LogP contribution is 2.50. The predicted octanol–water partition coefficient (Wildman–Crippen LogP) is 4.50. The number of carboxylic acid groups (broad SMARTS) is 1. The zero-order chi connectivity index (χ0) is 16.5. The maximum atomic E-state index is 11.0. The number of aryl methyl sites for hydroxylation is 1. The summed E-state index contributed by atoms with van der Waals surface area (Å²) in [5, 5.41) is 9.04. The highest BCUT2D eigenvalue weighted by molar-refractivity contribution is 5.79. The summed E-state index contributed by atoms with van der Waals surface area (Å²) in [6.45, 7) is 11.1. The summed E-state index contributed by atoms with van der Waals surface area (Å²) in [6, 6.07) is 4.24. The van der Waals surface area contributed by atoms with E-state index in [2.05, 4.69) is 56.0 Å². The fourth-order valence-corrected chi connectivity index (χ4v) is 3.54. The van der Waals surface area contributed by atoms with Crippen LogP contribution in [0.3, 0.4) is 0 Å². The molecule has 1 heterocycles. The number of anilines is 1. The highest BCUT2D eigenvalue weighted by atomic mass is 16.4. The maximum absolute atomic E-state index is 11.0. The zero-order valence-corrected chi connectivity index (χ0v) is 14.1. The Kier molecular flexibility index (Phi) is 4.45. The average Bonchev–Trinajstić information content (AvgIpc) is 2.66. The maximum Gasteiger partial charge on any atom is 0.305 e. The molecular formula is C19H25NO2. The Labute approximate surface area is 133 Å². The SMILES string of the molecule is C/C=C\c1c(C)ccc2c1C(C)(C)/C(=C\C)N2CCC(=O)O. The first-order valence-corrected chi connectivity index (χ1v) is 7.77. The van der Waals surface area contributed by atoms with Crippen LogP contribution in [0.25, 0.3) is 6.08 Å². The molecule has 1 N–H and O–H groups in total. The van der Waals surface area contributed by atoms with Crippen LogP contribution in [0.4, 0.5) is 5.69 Å².